The van der Waals surface area contributed by atoms with E-state index in [1.165, 1.54) is 18.2 Å². The topological polar surface area (TPSA) is 182 Å². The number of rotatable bonds is 11. The van der Waals surface area contributed by atoms with Crippen LogP contribution >= 0.6 is 11.6 Å². The Labute approximate surface area is 303 Å². The monoisotopic (exact) mass is 749 g/mol. The summed E-state index contributed by atoms with van der Waals surface area (Å²) in [6, 6.07) is 2.89. The lowest BCUT2D eigenvalue weighted by atomic mass is 9.85. The van der Waals surface area contributed by atoms with Crippen molar-refractivity contribution in [3.8, 4) is 11.6 Å². The summed E-state index contributed by atoms with van der Waals surface area (Å²) in [5.41, 5.74) is -3.10. The molecule has 280 valence electrons. The number of benzene rings is 1. The highest BCUT2D eigenvalue weighted by molar-refractivity contribution is 7.91. The van der Waals surface area contributed by atoms with Gasteiger partial charge < -0.3 is 29.7 Å². The van der Waals surface area contributed by atoms with Gasteiger partial charge in [0, 0.05) is 22.2 Å². The molecule has 5 rings (SSSR count). The summed E-state index contributed by atoms with van der Waals surface area (Å²) in [7, 11) is -2.36. The van der Waals surface area contributed by atoms with Gasteiger partial charge in [0.2, 0.25) is 27.7 Å². The maximum absolute atomic E-state index is 14.5. The molecule has 0 spiro atoms. The number of aromatic nitrogens is 1. The molecule has 14 nitrogen and oxygen atoms in total. The van der Waals surface area contributed by atoms with E-state index in [0.717, 1.165) is 0 Å². The standard InChI is InChI=1S/C35H48ClN5O9S/c1-9-19-16-35(19,31(44)40-51(46,47)22-11-12-22)39-28(42)25-15-21(49-29-24-14-20(36)10-13-23(24)26(48-8)17-37-29)18-41(25)30(43)27(33(2,3)4)38-32(45)50-34(5,6)7/h10,13-14,17,19,21-22,25,27H,9,11-12,15-16,18H2,1-8H3,(H,38,45)(H,39,42)(H,40,44). The van der Waals surface area contributed by atoms with Gasteiger partial charge in [-0.25, -0.2) is 18.2 Å². The van der Waals surface area contributed by atoms with E-state index in [4.69, 9.17) is 25.8 Å². The maximum atomic E-state index is 14.5. The average Bonchev–Trinajstić information content (AvgIpc) is 3.95. The Hall–Kier alpha value is -3.85. The third-order valence-electron chi connectivity index (χ3n) is 9.44. The van der Waals surface area contributed by atoms with Crippen LogP contribution in [0.5, 0.6) is 11.6 Å². The summed E-state index contributed by atoms with van der Waals surface area (Å²) in [4.78, 5) is 60.9. The maximum Gasteiger partial charge on any atom is 0.408 e. The van der Waals surface area contributed by atoms with Crippen molar-refractivity contribution in [3.63, 3.8) is 0 Å². The Morgan fingerprint density at radius 1 is 1.10 bits per heavy atom. The highest BCUT2D eigenvalue weighted by Gasteiger charge is 2.62. The van der Waals surface area contributed by atoms with E-state index >= 15 is 0 Å². The fourth-order valence-corrected chi connectivity index (χ4v) is 8.03. The minimum atomic E-state index is -3.87. The highest BCUT2D eigenvalue weighted by Crippen LogP contribution is 2.47. The number of alkyl carbamates (subject to hydrolysis) is 1. The molecule has 5 atom stereocenters. The van der Waals surface area contributed by atoms with Crippen LogP contribution in [0.3, 0.4) is 0 Å². The lowest BCUT2D eigenvalue weighted by molar-refractivity contribution is -0.143. The molecule has 16 heteroatoms. The zero-order valence-corrected chi connectivity index (χ0v) is 31.9. The minimum Gasteiger partial charge on any atom is -0.494 e. The van der Waals surface area contributed by atoms with Crippen LogP contribution in [0.2, 0.25) is 5.02 Å². The molecule has 2 aliphatic carbocycles. The van der Waals surface area contributed by atoms with Crippen LogP contribution in [-0.4, -0.2) is 90.3 Å². The van der Waals surface area contributed by atoms with E-state index < -0.39 is 73.8 Å². The van der Waals surface area contributed by atoms with Crippen molar-refractivity contribution in [2.24, 2.45) is 11.3 Å². The van der Waals surface area contributed by atoms with Gasteiger partial charge in [0.05, 0.1) is 25.1 Å². The van der Waals surface area contributed by atoms with Crippen LogP contribution in [-0.2, 0) is 29.1 Å². The van der Waals surface area contributed by atoms with Crippen molar-refractivity contribution in [2.75, 3.05) is 13.7 Å². The summed E-state index contributed by atoms with van der Waals surface area (Å²) >= 11 is 6.32. The SMILES string of the molecule is CCC1CC1(NC(=O)C1CC(Oc2ncc(OC)c3ccc(Cl)cc23)CN1C(=O)C(NC(=O)OC(C)(C)C)C(C)(C)C)C(=O)NS(=O)(=O)C1CC1. The van der Waals surface area contributed by atoms with Crippen LogP contribution in [0.15, 0.2) is 24.4 Å². The first-order valence-electron chi connectivity index (χ1n) is 17.2. The number of halogens is 1. The van der Waals surface area contributed by atoms with Gasteiger partial charge in [-0.1, -0.05) is 45.7 Å². The third kappa shape index (κ3) is 8.45. The van der Waals surface area contributed by atoms with Gasteiger partial charge in [0.15, 0.2) is 0 Å². The summed E-state index contributed by atoms with van der Waals surface area (Å²) < 4.78 is 44.9. The van der Waals surface area contributed by atoms with Gasteiger partial charge in [-0.3, -0.25) is 19.1 Å². The number of hydrogen-bond donors (Lipinski definition) is 3. The zero-order chi connectivity index (χ0) is 37.7. The van der Waals surface area contributed by atoms with Gasteiger partial charge in [-0.15, -0.1) is 0 Å². The molecule has 3 N–H and O–H groups in total. The van der Waals surface area contributed by atoms with Crippen LogP contribution in [0.4, 0.5) is 4.79 Å². The first-order chi connectivity index (χ1) is 23.7. The van der Waals surface area contributed by atoms with Crippen LogP contribution in [0.1, 0.15) is 80.6 Å². The molecule has 1 aromatic heterocycles. The number of methoxy groups -OCH3 is 1. The number of amides is 4. The molecule has 1 aromatic carbocycles. The second-order valence-electron chi connectivity index (χ2n) is 15.7. The fraction of sp³-hybridized carbons (Fsp3) is 0.629. The molecule has 1 saturated heterocycles. The largest absolute Gasteiger partial charge is 0.494 e. The molecule has 1 aliphatic heterocycles. The molecule has 0 bridgehead atoms. The quantitative estimate of drug-likeness (QED) is 0.303. The smallest absolute Gasteiger partial charge is 0.408 e. The van der Waals surface area contributed by atoms with E-state index in [1.807, 2.05) is 6.92 Å². The predicted octanol–water partition coefficient (Wildman–Crippen LogP) is 4.08. The van der Waals surface area contributed by atoms with Crippen LogP contribution < -0.4 is 24.8 Å². The van der Waals surface area contributed by atoms with E-state index in [-0.39, 0.29) is 31.2 Å². The van der Waals surface area contributed by atoms with Crippen molar-refractivity contribution in [1.82, 2.24) is 25.2 Å². The number of nitrogens with zero attached hydrogens (tertiary/aromatic N) is 2. The molecular weight excluding hydrogens is 702 g/mol. The molecule has 3 aliphatic rings. The van der Waals surface area contributed by atoms with Gasteiger partial charge in [0.25, 0.3) is 5.91 Å². The number of carbonyl (C=O) groups excluding carboxylic acids is 4. The molecule has 4 amide bonds. The fourth-order valence-electron chi connectivity index (χ4n) is 6.49. The second kappa shape index (κ2) is 13.9. The van der Waals surface area contributed by atoms with Gasteiger partial charge in [0.1, 0.15) is 35.1 Å². The third-order valence-corrected chi connectivity index (χ3v) is 11.5. The molecule has 5 unspecified atom stereocenters. The van der Waals surface area contributed by atoms with Crippen LogP contribution in [0.25, 0.3) is 10.8 Å². The Bertz CT molecular complexity index is 1820. The van der Waals surface area contributed by atoms with Crippen molar-refractivity contribution in [1.29, 1.82) is 0 Å². The van der Waals surface area contributed by atoms with Crippen molar-refractivity contribution in [3.05, 3.63) is 29.4 Å². The lowest BCUT2D eigenvalue weighted by Gasteiger charge is -2.36. The number of sulfonamides is 1. The number of pyridine rings is 1. The number of ether oxygens (including phenoxy) is 3. The van der Waals surface area contributed by atoms with E-state index in [0.29, 0.717) is 40.8 Å². The Kier molecular flexibility index (Phi) is 10.5. The zero-order valence-electron chi connectivity index (χ0n) is 30.3. The van der Waals surface area contributed by atoms with Crippen molar-refractivity contribution in [2.45, 2.75) is 115 Å². The molecule has 2 heterocycles. The molecule has 0 radical (unpaired) electrons. The molecule has 3 fully saturated rings. The van der Waals surface area contributed by atoms with E-state index in [2.05, 4.69) is 20.3 Å². The summed E-state index contributed by atoms with van der Waals surface area (Å²) in [5.74, 6) is -1.59. The molecule has 51 heavy (non-hydrogen) atoms. The lowest BCUT2D eigenvalue weighted by Crippen LogP contribution is -2.60. The molecule has 2 saturated carbocycles. The molecular formula is C35H48ClN5O9S. The number of hydrogen-bond acceptors (Lipinski definition) is 10. The number of fused-ring (bicyclic) bond motifs is 1. The predicted molar refractivity (Wildman–Crippen MR) is 190 cm³/mol. The number of nitrogens with one attached hydrogen (secondary N) is 3. The van der Waals surface area contributed by atoms with Gasteiger partial charge >= 0.3 is 6.09 Å². The van der Waals surface area contributed by atoms with E-state index in [1.54, 1.807) is 59.7 Å². The van der Waals surface area contributed by atoms with E-state index in [9.17, 15) is 27.6 Å². The first kappa shape index (κ1) is 38.4. The normalized spacial score (nSPS) is 24.0. The highest BCUT2D eigenvalue weighted by atomic mass is 35.5. The van der Waals surface area contributed by atoms with Gasteiger partial charge in [-0.2, -0.15) is 0 Å². The Balaban J connectivity index is 1.46. The summed E-state index contributed by atoms with van der Waals surface area (Å²) in [6.07, 6.45) is 1.65. The average molecular weight is 750 g/mol. The molecule has 2 aromatic rings. The summed E-state index contributed by atoms with van der Waals surface area (Å²) in [5, 5.41) is 6.59. The van der Waals surface area contributed by atoms with Crippen molar-refractivity contribution >= 4 is 56.2 Å². The Morgan fingerprint density at radius 2 is 1.78 bits per heavy atom. The van der Waals surface area contributed by atoms with Gasteiger partial charge in [-0.05, 0) is 69.6 Å². The first-order valence-corrected chi connectivity index (χ1v) is 19.1. The number of carbonyl (C=O) groups is 4. The number of likely N-dealkylation sites (tertiary alicyclic amines) is 1. The second-order valence-corrected chi connectivity index (χ2v) is 18.1. The van der Waals surface area contributed by atoms with Crippen molar-refractivity contribution < 1.29 is 41.8 Å². The Morgan fingerprint density at radius 3 is 2.35 bits per heavy atom. The van der Waals surface area contributed by atoms with Crippen LogP contribution in [0, 0.1) is 11.3 Å². The minimum absolute atomic E-state index is 0.00546. The summed E-state index contributed by atoms with van der Waals surface area (Å²) in [6.45, 7) is 12.2.